The highest BCUT2D eigenvalue weighted by Crippen LogP contribution is 2.30. The zero-order valence-corrected chi connectivity index (χ0v) is 19.0. The number of rotatable bonds is 7. The van der Waals surface area contributed by atoms with Crippen LogP contribution >= 0.6 is 0 Å². The fraction of sp³-hybridized carbons (Fsp3) is 0.435. The van der Waals surface area contributed by atoms with Gasteiger partial charge in [0.25, 0.3) is 0 Å². The molecule has 31 heavy (non-hydrogen) atoms. The zero-order valence-electron chi connectivity index (χ0n) is 18.2. The average molecular weight is 447 g/mol. The largest absolute Gasteiger partial charge is 0.457 e. The predicted molar refractivity (Wildman–Crippen MR) is 120 cm³/mol. The van der Waals surface area contributed by atoms with Crippen molar-refractivity contribution in [2.45, 2.75) is 51.3 Å². The van der Waals surface area contributed by atoms with Crippen molar-refractivity contribution in [2.24, 2.45) is 0 Å². The van der Waals surface area contributed by atoms with Gasteiger partial charge in [0.1, 0.15) is 11.5 Å². The number of piperidine rings is 1. The highest BCUT2D eigenvalue weighted by Gasteiger charge is 2.37. The summed E-state index contributed by atoms with van der Waals surface area (Å²) in [4.78, 5) is 14.4. The minimum Gasteiger partial charge on any atom is -0.457 e. The molecule has 1 N–H and O–H groups in total. The minimum absolute atomic E-state index is 0.259. The topological polar surface area (TPSA) is 84.9 Å². The average Bonchev–Trinajstić information content (AvgIpc) is 2.70. The summed E-state index contributed by atoms with van der Waals surface area (Å²) in [5.74, 6) is 1.38. The molecule has 2 aromatic rings. The number of nitrogens with zero attached hydrogens (tertiary/aromatic N) is 1. The highest BCUT2D eigenvalue weighted by atomic mass is 32.2. The fourth-order valence-corrected chi connectivity index (χ4v) is 4.66. The van der Waals surface area contributed by atoms with Gasteiger partial charge in [-0.3, -0.25) is 0 Å². The molecule has 7 nitrogen and oxygen atoms in total. The van der Waals surface area contributed by atoms with Gasteiger partial charge in [0.05, 0.1) is 18.4 Å². The third-order valence-corrected chi connectivity index (χ3v) is 5.82. The van der Waals surface area contributed by atoms with E-state index in [1.165, 1.54) is 0 Å². The second-order valence-corrected chi connectivity index (χ2v) is 9.84. The fourth-order valence-electron chi connectivity index (χ4n) is 3.83. The van der Waals surface area contributed by atoms with Crippen LogP contribution in [-0.4, -0.2) is 50.4 Å². The van der Waals surface area contributed by atoms with Crippen LogP contribution in [-0.2, 0) is 21.2 Å². The van der Waals surface area contributed by atoms with E-state index in [1.54, 1.807) is 18.7 Å². The van der Waals surface area contributed by atoms with E-state index >= 15 is 0 Å². The molecule has 1 amide bonds. The molecule has 0 aliphatic carbocycles. The van der Waals surface area contributed by atoms with Gasteiger partial charge in [0.15, 0.2) is 0 Å². The van der Waals surface area contributed by atoms with Crippen LogP contribution in [0.4, 0.5) is 4.79 Å². The van der Waals surface area contributed by atoms with E-state index in [0.717, 1.165) is 11.8 Å². The molecule has 0 spiro atoms. The Morgan fingerprint density at radius 3 is 2.48 bits per heavy atom. The summed E-state index contributed by atoms with van der Waals surface area (Å²) >= 11 is 0. The van der Waals surface area contributed by atoms with E-state index in [2.05, 4.69) is 4.72 Å². The summed E-state index contributed by atoms with van der Waals surface area (Å²) in [6.07, 6.45) is 2.22. The van der Waals surface area contributed by atoms with Gasteiger partial charge in [0, 0.05) is 12.6 Å². The van der Waals surface area contributed by atoms with Crippen molar-refractivity contribution < 1.29 is 22.7 Å². The molecular formula is C23H30N2O5S. The number of hydrogen-bond donors (Lipinski definition) is 1. The van der Waals surface area contributed by atoms with Crippen LogP contribution in [0.5, 0.6) is 11.5 Å². The molecule has 0 radical (unpaired) electrons. The highest BCUT2D eigenvalue weighted by molar-refractivity contribution is 7.88. The molecule has 3 rings (SSSR count). The molecule has 1 aliphatic heterocycles. The number of nitrogens with one attached hydrogen (secondary N) is 1. The van der Waals surface area contributed by atoms with Crippen molar-refractivity contribution in [3.8, 4) is 11.5 Å². The number of ether oxygens (including phenoxy) is 2. The molecule has 0 aromatic heterocycles. The second-order valence-electron chi connectivity index (χ2n) is 8.06. The van der Waals surface area contributed by atoms with Gasteiger partial charge in [0.2, 0.25) is 10.0 Å². The number of carbonyl (C=O) groups is 1. The monoisotopic (exact) mass is 446 g/mol. The quantitative estimate of drug-likeness (QED) is 0.696. The minimum atomic E-state index is -3.44. The SMILES string of the molecule is CC(C)OC(=O)N1CCC[C@H](NS(C)(=O)=O)[C@@H]1Cc1ccccc1Oc1ccccc1. The Morgan fingerprint density at radius 1 is 1.13 bits per heavy atom. The van der Waals surface area contributed by atoms with Gasteiger partial charge < -0.3 is 14.4 Å². The van der Waals surface area contributed by atoms with Gasteiger partial charge in [-0.25, -0.2) is 17.9 Å². The number of sulfonamides is 1. The number of hydrogen-bond acceptors (Lipinski definition) is 5. The molecule has 0 bridgehead atoms. The van der Waals surface area contributed by atoms with Crippen molar-refractivity contribution >= 4 is 16.1 Å². The third-order valence-electron chi connectivity index (χ3n) is 5.09. The van der Waals surface area contributed by atoms with Crippen LogP contribution in [0.2, 0.25) is 0 Å². The maximum atomic E-state index is 12.8. The molecular weight excluding hydrogens is 416 g/mol. The van der Waals surface area contributed by atoms with Gasteiger partial charge in [-0.15, -0.1) is 0 Å². The Labute approximate surface area is 184 Å². The zero-order chi connectivity index (χ0) is 22.4. The Balaban J connectivity index is 1.90. The van der Waals surface area contributed by atoms with Gasteiger partial charge in [-0.05, 0) is 56.9 Å². The standard InChI is InChI=1S/C23H30N2O5S/c1-17(2)29-23(26)25-15-9-13-20(24-31(3,27)28)21(25)16-18-10-7-8-14-22(18)30-19-11-5-4-6-12-19/h4-8,10-12,14,17,20-21,24H,9,13,15-16H2,1-3H3/t20-,21-/m0/s1. The van der Waals surface area contributed by atoms with E-state index in [-0.39, 0.29) is 6.10 Å². The van der Waals surface area contributed by atoms with Crippen LogP contribution in [0, 0.1) is 0 Å². The summed E-state index contributed by atoms with van der Waals surface area (Å²) < 4.78 is 38.2. The predicted octanol–water partition coefficient (Wildman–Crippen LogP) is 3.95. The normalized spacial score (nSPS) is 19.3. The van der Waals surface area contributed by atoms with Crippen LogP contribution < -0.4 is 9.46 Å². The van der Waals surface area contributed by atoms with Gasteiger partial charge in [-0.1, -0.05) is 36.4 Å². The van der Waals surface area contributed by atoms with Crippen molar-refractivity contribution in [1.29, 1.82) is 0 Å². The number of benzene rings is 2. The van der Waals surface area contributed by atoms with E-state index in [9.17, 15) is 13.2 Å². The number of para-hydroxylation sites is 2. The summed E-state index contributed by atoms with van der Waals surface area (Å²) in [6, 6.07) is 16.3. The van der Waals surface area contributed by atoms with Crippen LogP contribution in [0.3, 0.4) is 0 Å². The summed E-state index contributed by atoms with van der Waals surface area (Å²) in [6.45, 7) is 4.11. The Kier molecular flexibility index (Phi) is 7.56. The lowest BCUT2D eigenvalue weighted by Crippen LogP contribution is -2.58. The summed E-state index contributed by atoms with van der Waals surface area (Å²) in [5.41, 5.74) is 0.890. The lowest BCUT2D eigenvalue weighted by atomic mass is 9.91. The third kappa shape index (κ3) is 6.70. The second kappa shape index (κ2) is 10.2. The molecule has 168 valence electrons. The number of likely N-dealkylation sites (tertiary alicyclic amines) is 1. The van der Waals surface area contributed by atoms with Crippen molar-refractivity contribution in [3.05, 3.63) is 60.2 Å². The lowest BCUT2D eigenvalue weighted by molar-refractivity contribution is 0.0460. The molecule has 1 fully saturated rings. The molecule has 8 heteroatoms. The molecule has 0 unspecified atom stereocenters. The molecule has 2 atom stereocenters. The first-order valence-corrected chi connectivity index (χ1v) is 12.4. The van der Waals surface area contributed by atoms with E-state index in [0.29, 0.717) is 37.3 Å². The number of carbonyl (C=O) groups excluding carboxylic acids is 1. The van der Waals surface area contributed by atoms with Gasteiger partial charge >= 0.3 is 6.09 Å². The Morgan fingerprint density at radius 2 is 1.81 bits per heavy atom. The van der Waals surface area contributed by atoms with Gasteiger partial charge in [-0.2, -0.15) is 0 Å². The summed E-state index contributed by atoms with van der Waals surface area (Å²) in [5, 5.41) is 0. The molecule has 0 saturated carbocycles. The molecule has 1 aliphatic rings. The van der Waals surface area contributed by atoms with Crippen molar-refractivity contribution in [2.75, 3.05) is 12.8 Å². The van der Waals surface area contributed by atoms with E-state index in [4.69, 9.17) is 9.47 Å². The van der Waals surface area contributed by atoms with E-state index in [1.807, 2.05) is 54.6 Å². The maximum absolute atomic E-state index is 12.8. The maximum Gasteiger partial charge on any atom is 0.410 e. The molecule has 1 saturated heterocycles. The lowest BCUT2D eigenvalue weighted by Gasteiger charge is -2.41. The van der Waals surface area contributed by atoms with Crippen molar-refractivity contribution in [3.63, 3.8) is 0 Å². The smallest absolute Gasteiger partial charge is 0.410 e. The van der Waals surface area contributed by atoms with Crippen LogP contribution in [0.15, 0.2) is 54.6 Å². The Bertz CT molecular complexity index is 978. The van der Waals surface area contributed by atoms with Crippen LogP contribution in [0.1, 0.15) is 32.3 Å². The van der Waals surface area contributed by atoms with Crippen molar-refractivity contribution in [1.82, 2.24) is 9.62 Å². The molecule has 2 aromatic carbocycles. The molecule has 1 heterocycles. The summed E-state index contributed by atoms with van der Waals surface area (Å²) in [7, 11) is -3.44. The van der Waals surface area contributed by atoms with Crippen LogP contribution in [0.25, 0.3) is 0 Å². The first kappa shape index (κ1) is 23.1. The first-order chi connectivity index (χ1) is 14.7. The van der Waals surface area contributed by atoms with E-state index < -0.39 is 28.2 Å². The number of amides is 1. The first-order valence-electron chi connectivity index (χ1n) is 10.5. The Hall–Kier alpha value is -2.58.